The molecule has 0 aromatic heterocycles. The zero-order chi connectivity index (χ0) is 12.9. The first-order valence-corrected chi connectivity index (χ1v) is 6.78. The molecule has 0 bridgehead atoms. The Morgan fingerprint density at radius 3 is 2.42 bits per heavy atom. The van der Waals surface area contributed by atoms with Crippen LogP contribution in [0.5, 0.6) is 0 Å². The maximum atomic E-state index is 8.86. The second-order valence-corrected chi connectivity index (χ2v) is 5.87. The van der Waals surface area contributed by atoms with Gasteiger partial charge in [0.15, 0.2) is 0 Å². The van der Waals surface area contributed by atoms with Crippen molar-refractivity contribution in [3.05, 3.63) is 47.9 Å². The monoisotopic (exact) mass is 253 g/mol. The minimum atomic E-state index is -0.378. The molecule has 1 aromatic carbocycles. The zero-order valence-corrected chi connectivity index (χ0v) is 10.6. The Kier molecular flexibility index (Phi) is 2.04. The van der Waals surface area contributed by atoms with E-state index in [1.807, 2.05) is 12.1 Å². The van der Waals surface area contributed by atoms with Crippen molar-refractivity contribution in [2.45, 2.75) is 36.9 Å². The van der Waals surface area contributed by atoms with E-state index in [0.29, 0.717) is 11.3 Å². The van der Waals surface area contributed by atoms with Crippen molar-refractivity contribution in [2.75, 3.05) is 0 Å². The minimum absolute atomic E-state index is 0.314. The Morgan fingerprint density at radius 1 is 1.05 bits per heavy atom. The Hall–Kier alpha value is -1.95. The van der Waals surface area contributed by atoms with Gasteiger partial charge in [0.25, 0.3) is 0 Å². The van der Waals surface area contributed by atoms with Crippen LogP contribution in [-0.2, 0) is 14.9 Å². The van der Waals surface area contributed by atoms with Crippen LogP contribution < -0.4 is 0 Å². The fraction of sp³-hybridized carbons (Fsp3) is 0.438. The van der Waals surface area contributed by atoms with E-state index >= 15 is 0 Å². The Balaban J connectivity index is 1.56. The molecule has 1 heterocycles. The molecule has 0 amide bonds. The van der Waals surface area contributed by atoms with Gasteiger partial charge in [-0.05, 0) is 41.9 Å². The van der Waals surface area contributed by atoms with Gasteiger partial charge in [-0.3, -0.25) is 0 Å². The fourth-order valence-corrected chi connectivity index (χ4v) is 3.77. The molecular weight excluding hydrogens is 238 g/mol. The average molecular weight is 253 g/mol. The second kappa shape index (κ2) is 3.54. The van der Waals surface area contributed by atoms with Crippen LogP contribution in [-0.4, -0.2) is 5.79 Å². The van der Waals surface area contributed by atoms with E-state index in [-0.39, 0.29) is 5.79 Å². The van der Waals surface area contributed by atoms with E-state index in [4.69, 9.17) is 14.7 Å². The first kappa shape index (κ1) is 10.9. The molecule has 3 aliphatic rings. The number of hydrogen-bond donors (Lipinski definition) is 0. The molecule has 2 unspecified atom stereocenters. The summed E-state index contributed by atoms with van der Waals surface area (Å²) in [5.74, 6) is 0.270. The molecule has 2 aliphatic carbocycles. The highest BCUT2D eigenvalue weighted by Gasteiger charge is 2.62. The van der Waals surface area contributed by atoms with E-state index in [1.165, 1.54) is 12.0 Å². The highest BCUT2D eigenvalue weighted by molar-refractivity contribution is 5.40. The lowest BCUT2D eigenvalue weighted by Gasteiger charge is -2.35. The Labute approximate surface area is 112 Å². The summed E-state index contributed by atoms with van der Waals surface area (Å²) < 4.78 is 11.3. The maximum Gasteiger partial charge on any atom is 0.250 e. The number of fused-ring (bicyclic) bond motifs is 1. The van der Waals surface area contributed by atoms with Crippen LogP contribution in [0, 0.1) is 17.2 Å². The molecule has 0 saturated heterocycles. The lowest BCUT2D eigenvalue weighted by Crippen LogP contribution is -2.37. The van der Waals surface area contributed by atoms with Crippen LogP contribution in [0.25, 0.3) is 0 Å². The van der Waals surface area contributed by atoms with Gasteiger partial charge in [-0.1, -0.05) is 12.1 Å². The topological polar surface area (TPSA) is 42.2 Å². The van der Waals surface area contributed by atoms with E-state index < -0.39 is 0 Å². The third kappa shape index (κ3) is 1.49. The van der Waals surface area contributed by atoms with Gasteiger partial charge < -0.3 is 9.47 Å². The van der Waals surface area contributed by atoms with Crippen LogP contribution in [0.2, 0.25) is 0 Å². The quantitative estimate of drug-likeness (QED) is 0.771. The molecule has 2 saturated carbocycles. The molecule has 96 valence electrons. The zero-order valence-electron chi connectivity index (χ0n) is 10.6. The molecular formula is C16H15NO2. The number of nitrogens with zero attached hydrogens (tertiary/aromatic N) is 1. The summed E-state index contributed by atoms with van der Waals surface area (Å²) in [5, 5.41) is 8.86. The van der Waals surface area contributed by atoms with Crippen LogP contribution in [0.4, 0.5) is 0 Å². The van der Waals surface area contributed by atoms with E-state index in [9.17, 15) is 0 Å². The van der Waals surface area contributed by atoms with Gasteiger partial charge >= 0.3 is 0 Å². The molecule has 2 atom stereocenters. The van der Waals surface area contributed by atoms with Crippen molar-refractivity contribution < 1.29 is 9.47 Å². The summed E-state index contributed by atoms with van der Waals surface area (Å²) in [5.41, 5.74) is 2.42. The van der Waals surface area contributed by atoms with Crippen LogP contribution in [0.3, 0.4) is 0 Å². The molecule has 1 aromatic rings. The number of ether oxygens (including phenoxy) is 2. The summed E-state index contributed by atoms with van der Waals surface area (Å²) in [6.07, 6.45) is 7.56. The van der Waals surface area contributed by atoms with Crippen molar-refractivity contribution in [2.24, 2.45) is 5.92 Å². The van der Waals surface area contributed by atoms with Gasteiger partial charge in [0.2, 0.25) is 5.79 Å². The van der Waals surface area contributed by atoms with Gasteiger partial charge in [-0.15, -0.1) is 0 Å². The summed E-state index contributed by atoms with van der Waals surface area (Å²) in [6.45, 7) is 0. The predicted octanol–water partition coefficient (Wildman–Crippen LogP) is 3.21. The molecule has 0 radical (unpaired) electrons. The molecule has 3 heteroatoms. The number of rotatable bonds is 1. The van der Waals surface area contributed by atoms with Gasteiger partial charge in [0.05, 0.1) is 11.6 Å². The molecule has 1 aliphatic heterocycles. The van der Waals surface area contributed by atoms with Crippen molar-refractivity contribution in [3.63, 3.8) is 0 Å². The molecule has 0 N–H and O–H groups in total. The van der Waals surface area contributed by atoms with Crippen molar-refractivity contribution in [1.29, 1.82) is 5.26 Å². The number of hydrogen-bond acceptors (Lipinski definition) is 3. The third-order valence-corrected chi connectivity index (χ3v) is 4.95. The van der Waals surface area contributed by atoms with Crippen LogP contribution in [0.15, 0.2) is 36.8 Å². The molecule has 2 fully saturated rings. The highest BCUT2D eigenvalue weighted by Crippen LogP contribution is 2.65. The molecule has 4 rings (SSSR count). The molecule has 19 heavy (non-hydrogen) atoms. The van der Waals surface area contributed by atoms with Gasteiger partial charge in [0, 0.05) is 12.8 Å². The Morgan fingerprint density at radius 2 is 1.79 bits per heavy atom. The first-order valence-electron chi connectivity index (χ1n) is 6.78. The first-order chi connectivity index (χ1) is 9.26. The Bertz CT molecular complexity index is 576. The number of nitriles is 1. The summed E-state index contributed by atoms with van der Waals surface area (Å²) in [7, 11) is 0. The van der Waals surface area contributed by atoms with E-state index in [0.717, 1.165) is 24.8 Å². The van der Waals surface area contributed by atoms with Crippen molar-refractivity contribution in [3.8, 4) is 6.07 Å². The lowest BCUT2D eigenvalue weighted by molar-refractivity contribution is -0.166. The van der Waals surface area contributed by atoms with Gasteiger partial charge in [-0.2, -0.15) is 5.26 Å². The molecule has 3 nitrogen and oxygen atoms in total. The largest absolute Gasteiger partial charge is 0.457 e. The summed E-state index contributed by atoms with van der Waals surface area (Å²) in [4.78, 5) is 0. The highest BCUT2D eigenvalue weighted by atomic mass is 16.7. The standard InChI is InChI=1S/C16H15NO2/c17-11-12-1-3-13(4-2-12)15-5-6-16(10-14(15)9-15)18-7-8-19-16/h1-4,7-8,14H,5-6,9-10H2. The second-order valence-electron chi connectivity index (χ2n) is 5.87. The smallest absolute Gasteiger partial charge is 0.250 e. The molecule has 1 spiro atoms. The fourth-order valence-electron chi connectivity index (χ4n) is 3.77. The predicted molar refractivity (Wildman–Crippen MR) is 68.8 cm³/mol. The normalized spacial score (nSPS) is 33.1. The van der Waals surface area contributed by atoms with E-state index in [2.05, 4.69) is 18.2 Å². The van der Waals surface area contributed by atoms with Crippen molar-refractivity contribution in [1.82, 2.24) is 0 Å². The average Bonchev–Trinajstić information content (AvgIpc) is 3.01. The van der Waals surface area contributed by atoms with Crippen LogP contribution >= 0.6 is 0 Å². The van der Waals surface area contributed by atoms with Crippen molar-refractivity contribution >= 4 is 0 Å². The summed E-state index contributed by atoms with van der Waals surface area (Å²) >= 11 is 0. The summed E-state index contributed by atoms with van der Waals surface area (Å²) in [6, 6.07) is 10.3. The SMILES string of the molecule is N#Cc1ccc(C23CCC4(CC2C3)OC=CO4)cc1. The van der Waals surface area contributed by atoms with E-state index in [1.54, 1.807) is 12.5 Å². The third-order valence-electron chi connectivity index (χ3n) is 4.95. The van der Waals surface area contributed by atoms with Gasteiger partial charge in [-0.25, -0.2) is 0 Å². The van der Waals surface area contributed by atoms with Crippen LogP contribution in [0.1, 0.15) is 36.8 Å². The minimum Gasteiger partial charge on any atom is -0.457 e. The van der Waals surface area contributed by atoms with Gasteiger partial charge in [0.1, 0.15) is 12.5 Å². The number of benzene rings is 1. The maximum absolute atomic E-state index is 8.86. The lowest BCUT2D eigenvalue weighted by atomic mass is 9.80.